The summed E-state index contributed by atoms with van der Waals surface area (Å²) in [6, 6.07) is 6.27. The highest BCUT2D eigenvalue weighted by atomic mass is 79.9. The summed E-state index contributed by atoms with van der Waals surface area (Å²) in [5.74, 6) is 0.962. The maximum absolute atomic E-state index is 5.87. The van der Waals surface area contributed by atoms with Gasteiger partial charge in [-0.2, -0.15) is 0 Å². The van der Waals surface area contributed by atoms with Crippen molar-refractivity contribution < 1.29 is 4.74 Å². The van der Waals surface area contributed by atoms with E-state index in [1.807, 2.05) is 25.1 Å². The highest BCUT2D eigenvalue weighted by molar-refractivity contribution is 9.10. The Morgan fingerprint density at radius 1 is 1.37 bits per heavy atom. The number of rotatable bonds is 9. The minimum absolute atomic E-state index is 0.143. The first kappa shape index (κ1) is 16.3. The molecule has 0 heterocycles. The van der Waals surface area contributed by atoms with Gasteiger partial charge < -0.3 is 10.5 Å². The predicted molar refractivity (Wildman–Crippen MR) is 85.7 cm³/mol. The molecule has 1 atom stereocenters. The van der Waals surface area contributed by atoms with Crippen molar-refractivity contribution in [1.29, 1.82) is 0 Å². The van der Waals surface area contributed by atoms with Gasteiger partial charge in [0, 0.05) is 10.5 Å². The average molecular weight is 326 g/mol. The molecule has 1 aromatic carbocycles. The summed E-state index contributed by atoms with van der Waals surface area (Å²) in [6.45, 7) is 6.51. The third-order valence-corrected chi connectivity index (χ3v) is 3.37. The molecule has 0 saturated heterocycles. The summed E-state index contributed by atoms with van der Waals surface area (Å²) in [5, 5.41) is 0. The highest BCUT2D eigenvalue weighted by Gasteiger charge is 2.07. The molecule has 0 radical (unpaired) electrons. The molecular weight excluding hydrogens is 302 g/mol. The first-order valence-corrected chi connectivity index (χ1v) is 7.70. The monoisotopic (exact) mass is 325 g/mol. The van der Waals surface area contributed by atoms with Gasteiger partial charge in [0.1, 0.15) is 5.75 Å². The van der Waals surface area contributed by atoms with E-state index in [-0.39, 0.29) is 6.04 Å². The number of hydrogen-bond donors (Lipinski definition) is 1. The van der Waals surface area contributed by atoms with Crippen molar-refractivity contribution in [1.82, 2.24) is 0 Å². The van der Waals surface area contributed by atoms with Gasteiger partial charge in [0.15, 0.2) is 0 Å². The molecule has 1 aromatic rings. The van der Waals surface area contributed by atoms with Crippen LogP contribution < -0.4 is 10.5 Å². The third kappa shape index (κ3) is 6.79. The van der Waals surface area contributed by atoms with Crippen molar-refractivity contribution >= 4 is 15.9 Å². The molecule has 1 unspecified atom stereocenters. The topological polar surface area (TPSA) is 35.2 Å². The van der Waals surface area contributed by atoms with Crippen LogP contribution in [0.3, 0.4) is 0 Å². The lowest BCUT2D eigenvalue weighted by Gasteiger charge is -2.13. The fraction of sp³-hybridized carbons (Fsp3) is 0.500. The van der Waals surface area contributed by atoms with Crippen LogP contribution in [-0.4, -0.2) is 12.6 Å². The van der Waals surface area contributed by atoms with Crippen LogP contribution in [0, 0.1) is 0 Å². The van der Waals surface area contributed by atoms with Crippen LogP contribution in [-0.2, 0) is 6.42 Å². The first-order valence-electron chi connectivity index (χ1n) is 6.91. The molecule has 1 rings (SSSR count). The Hall–Kier alpha value is -0.800. The molecule has 106 valence electrons. The molecule has 0 aliphatic rings. The Kier molecular flexibility index (Phi) is 7.84. The summed E-state index contributed by atoms with van der Waals surface area (Å²) in [4.78, 5) is 0. The predicted octanol–water partition coefficient (Wildman–Crippen LogP) is 4.46. The molecule has 0 aromatic heterocycles. The quantitative estimate of drug-likeness (QED) is 0.537. The van der Waals surface area contributed by atoms with Crippen LogP contribution in [0.1, 0.15) is 38.2 Å². The van der Waals surface area contributed by atoms with E-state index in [4.69, 9.17) is 10.5 Å². The smallest absolute Gasteiger partial charge is 0.122 e. The lowest BCUT2D eigenvalue weighted by atomic mass is 10.1. The molecule has 0 spiro atoms. The van der Waals surface area contributed by atoms with Crippen LogP contribution in [0.4, 0.5) is 0 Å². The molecule has 2 nitrogen and oxygen atoms in total. The van der Waals surface area contributed by atoms with Crippen LogP contribution in [0.5, 0.6) is 5.75 Å². The average Bonchev–Trinajstić information content (AvgIpc) is 2.35. The van der Waals surface area contributed by atoms with Gasteiger partial charge in [0.05, 0.1) is 6.61 Å². The normalized spacial score (nSPS) is 12.2. The van der Waals surface area contributed by atoms with Crippen LogP contribution in [0.25, 0.3) is 0 Å². The molecule has 0 fully saturated rings. The van der Waals surface area contributed by atoms with E-state index in [2.05, 4.69) is 28.6 Å². The lowest BCUT2D eigenvalue weighted by Crippen LogP contribution is -2.18. The molecule has 0 amide bonds. The van der Waals surface area contributed by atoms with Crippen molar-refractivity contribution in [3.05, 3.63) is 40.9 Å². The number of hydrogen-bond acceptors (Lipinski definition) is 2. The van der Waals surface area contributed by atoms with E-state index in [9.17, 15) is 0 Å². The zero-order valence-corrected chi connectivity index (χ0v) is 13.3. The van der Waals surface area contributed by atoms with E-state index >= 15 is 0 Å². The second kappa shape index (κ2) is 9.16. The number of nitrogens with two attached hydrogens (primary N) is 1. The van der Waals surface area contributed by atoms with Gasteiger partial charge in [-0.3, -0.25) is 0 Å². The molecule has 0 bridgehead atoms. The lowest BCUT2D eigenvalue weighted by molar-refractivity contribution is 0.302. The summed E-state index contributed by atoms with van der Waals surface area (Å²) in [5.41, 5.74) is 7.05. The van der Waals surface area contributed by atoms with Crippen molar-refractivity contribution in [3.8, 4) is 5.75 Å². The fourth-order valence-corrected chi connectivity index (χ4v) is 2.35. The van der Waals surface area contributed by atoms with E-state index in [0.29, 0.717) is 0 Å². The van der Waals surface area contributed by atoms with Crippen molar-refractivity contribution in [2.75, 3.05) is 6.61 Å². The number of allylic oxidation sites excluding steroid dienone is 1. The van der Waals surface area contributed by atoms with Gasteiger partial charge in [0.2, 0.25) is 0 Å². The zero-order valence-electron chi connectivity index (χ0n) is 11.7. The van der Waals surface area contributed by atoms with Crippen molar-refractivity contribution in [2.45, 2.75) is 45.1 Å². The van der Waals surface area contributed by atoms with Gasteiger partial charge in [-0.25, -0.2) is 0 Å². The van der Waals surface area contributed by atoms with Crippen molar-refractivity contribution in [3.63, 3.8) is 0 Å². The molecule has 0 saturated carbocycles. The SMILES string of the molecule is C=CCCCCCOc1ccc(Br)cc1CC(C)N. The Morgan fingerprint density at radius 2 is 2.16 bits per heavy atom. The van der Waals surface area contributed by atoms with Crippen molar-refractivity contribution in [2.24, 2.45) is 5.73 Å². The van der Waals surface area contributed by atoms with E-state index in [1.54, 1.807) is 0 Å². The standard InChI is InChI=1S/C16H24BrNO/c1-3-4-5-6-7-10-19-16-9-8-15(17)12-14(16)11-13(2)18/h3,8-9,12-13H,1,4-7,10-11,18H2,2H3. The second-order valence-electron chi connectivity index (χ2n) is 4.92. The van der Waals surface area contributed by atoms with E-state index in [1.165, 1.54) is 18.4 Å². The minimum atomic E-state index is 0.143. The maximum atomic E-state index is 5.87. The number of benzene rings is 1. The third-order valence-electron chi connectivity index (χ3n) is 2.87. The van der Waals surface area contributed by atoms with Crippen LogP contribution in [0.2, 0.25) is 0 Å². The first-order chi connectivity index (χ1) is 9.13. The summed E-state index contributed by atoms with van der Waals surface area (Å²) in [6.07, 6.45) is 7.36. The molecule has 2 N–H and O–H groups in total. The summed E-state index contributed by atoms with van der Waals surface area (Å²) in [7, 11) is 0. The van der Waals surface area contributed by atoms with Crippen LogP contribution in [0.15, 0.2) is 35.3 Å². The number of ether oxygens (including phenoxy) is 1. The molecular formula is C16H24BrNO. The summed E-state index contributed by atoms with van der Waals surface area (Å²) < 4.78 is 6.94. The number of halogens is 1. The zero-order chi connectivity index (χ0) is 14.1. The van der Waals surface area contributed by atoms with E-state index < -0.39 is 0 Å². The van der Waals surface area contributed by atoms with Gasteiger partial charge >= 0.3 is 0 Å². The Morgan fingerprint density at radius 3 is 2.84 bits per heavy atom. The van der Waals surface area contributed by atoms with Gasteiger partial charge in [-0.15, -0.1) is 6.58 Å². The number of unbranched alkanes of at least 4 members (excludes halogenated alkanes) is 3. The largest absolute Gasteiger partial charge is 0.493 e. The second-order valence-corrected chi connectivity index (χ2v) is 5.84. The molecule has 3 heteroatoms. The Bertz CT molecular complexity index is 390. The molecule has 19 heavy (non-hydrogen) atoms. The fourth-order valence-electron chi connectivity index (χ4n) is 1.94. The minimum Gasteiger partial charge on any atom is -0.493 e. The summed E-state index contributed by atoms with van der Waals surface area (Å²) >= 11 is 3.49. The molecule has 0 aliphatic carbocycles. The van der Waals surface area contributed by atoms with Crippen LogP contribution >= 0.6 is 15.9 Å². The highest BCUT2D eigenvalue weighted by Crippen LogP contribution is 2.24. The molecule has 0 aliphatic heterocycles. The van der Waals surface area contributed by atoms with E-state index in [0.717, 1.165) is 36.1 Å². The Balaban J connectivity index is 2.45. The van der Waals surface area contributed by atoms with Gasteiger partial charge in [-0.05, 0) is 62.8 Å². The maximum Gasteiger partial charge on any atom is 0.122 e. The van der Waals surface area contributed by atoms with Gasteiger partial charge in [0.25, 0.3) is 0 Å². The van der Waals surface area contributed by atoms with Gasteiger partial charge in [-0.1, -0.05) is 22.0 Å². The Labute approximate surface area is 125 Å².